The van der Waals surface area contributed by atoms with Gasteiger partial charge in [0, 0.05) is 6.54 Å². The van der Waals surface area contributed by atoms with E-state index < -0.39 is 5.76 Å². The Hall–Kier alpha value is -1.46. The summed E-state index contributed by atoms with van der Waals surface area (Å²) < 4.78 is 10.5. The van der Waals surface area contributed by atoms with Crippen molar-refractivity contribution >= 4 is 23.5 Å². The molecule has 6 heteroatoms. The highest BCUT2D eigenvalue weighted by Crippen LogP contribution is 2.26. The highest BCUT2D eigenvalue weighted by molar-refractivity contribution is 5.85. The van der Waals surface area contributed by atoms with E-state index >= 15 is 0 Å². The maximum absolute atomic E-state index is 11.5. The molecule has 2 aromatic rings. The average molecular weight is 329 g/mol. The second-order valence-electron chi connectivity index (χ2n) is 5.24. The third-order valence-electron chi connectivity index (χ3n) is 3.62. The maximum Gasteiger partial charge on any atom is 0.417 e. The van der Waals surface area contributed by atoms with E-state index in [1.54, 1.807) is 7.11 Å². The minimum atomic E-state index is -0.435. The van der Waals surface area contributed by atoms with Gasteiger partial charge in [0.1, 0.15) is 11.3 Å². The van der Waals surface area contributed by atoms with Gasteiger partial charge in [-0.05, 0) is 44.0 Å². The Labute approximate surface area is 137 Å². The molecule has 0 atom stereocenters. The Bertz CT molecular complexity index is 630. The van der Waals surface area contributed by atoms with Gasteiger partial charge in [-0.25, -0.2) is 4.79 Å². The fourth-order valence-corrected chi connectivity index (χ4v) is 2.68. The van der Waals surface area contributed by atoms with Gasteiger partial charge in [-0.1, -0.05) is 19.9 Å². The summed E-state index contributed by atoms with van der Waals surface area (Å²) in [4.78, 5) is 16.6. The second-order valence-corrected chi connectivity index (χ2v) is 5.24. The largest absolute Gasteiger partial charge is 0.494 e. The van der Waals surface area contributed by atoms with Crippen LogP contribution in [0.25, 0.3) is 11.1 Å². The number of aromatic amines is 1. The molecule has 0 unspecified atom stereocenters. The SMILES string of the molecule is CCCN(CCC)CCc1ccc(OC)c2[nH]c(=O)oc12.Cl. The van der Waals surface area contributed by atoms with Crippen molar-refractivity contribution in [2.45, 2.75) is 33.1 Å². The van der Waals surface area contributed by atoms with Crippen molar-refractivity contribution in [3.63, 3.8) is 0 Å². The van der Waals surface area contributed by atoms with Gasteiger partial charge in [0.2, 0.25) is 0 Å². The van der Waals surface area contributed by atoms with Crippen LogP contribution in [-0.2, 0) is 6.42 Å². The molecule has 0 amide bonds. The molecule has 1 heterocycles. The summed E-state index contributed by atoms with van der Waals surface area (Å²) in [5.41, 5.74) is 2.31. The fraction of sp³-hybridized carbons (Fsp3) is 0.562. The van der Waals surface area contributed by atoms with Crippen molar-refractivity contribution in [2.75, 3.05) is 26.7 Å². The van der Waals surface area contributed by atoms with E-state index in [4.69, 9.17) is 9.15 Å². The lowest BCUT2D eigenvalue weighted by Crippen LogP contribution is -2.27. The number of ether oxygens (including phenoxy) is 1. The Morgan fingerprint density at radius 3 is 2.45 bits per heavy atom. The number of fused-ring (bicyclic) bond motifs is 1. The molecule has 0 radical (unpaired) electrons. The van der Waals surface area contributed by atoms with Crippen LogP contribution in [0.15, 0.2) is 21.3 Å². The molecule has 0 aliphatic carbocycles. The van der Waals surface area contributed by atoms with Crippen LogP contribution in [0.3, 0.4) is 0 Å². The summed E-state index contributed by atoms with van der Waals surface area (Å²) in [6.45, 7) is 7.56. The number of aromatic nitrogens is 1. The van der Waals surface area contributed by atoms with Crippen LogP contribution < -0.4 is 10.5 Å². The third-order valence-corrected chi connectivity index (χ3v) is 3.62. The number of benzene rings is 1. The first-order valence-electron chi connectivity index (χ1n) is 7.60. The maximum atomic E-state index is 11.5. The Morgan fingerprint density at radius 1 is 1.18 bits per heavy atom. The van der Waals surface area contributed by atoms with Crippen molar-refractivity contribution in [1.82, 2.24) is 9.88 Å². The zero-order chi connectivity index (χ0) is 15.2. The van der Waals surface area contributed by atoms with E-state index in [9.17, 15) is 4.79 Å². The zero-order valence-corrected chi connectivity index (χ0v) is 14.3. The lowest BCUT2D eigenvalue weighted by molar-refractivity contribution is 0.278. The summed E-state index contributed by atoms with van der Waals surface area (Å²) in [7, 11) is 1.59. The first-order chi connectivity index (χ1) is 10.2. The topological polar surface area (TPSA) is 58.5 Å². The minimum absolute atomic E-state index is 0. The number of rotatable bonds is 8. The van der Waals surface area contributed by atoms with Gasteiger partial charge >= 0.3 is 5.76 Å². The van der Waals surface area contributed by atoms with Gasteiger partial charge in [-0.15, -0.1) is 12.4 Å². The van der Waals surface area contributed by atoms with E-state index in [0.29, 0.717) is 16.8 Å². The predicted octanol–water partition coefficient (Wildman–Crippen LogP) is 3.22. The lowest BCUT2D eigenvalue weighted by Gasteiger charge is -2.20. The molecular formula is C16H25ClN2O3. The first-order valence-corrected chi connectivity index (χ1v) is 7.60. The molecule has 0 saturated heterocycles. The van der Waals surface area contributed by atoms with E-state index in [1.165, 1.54) is 0 Å². The number of hydrogen-bond donors (Lipinski definition) is 1. The number of hydrogen-bond acceptors (Lipinski definition) is 4. The molecule has 0 spiro atoms. The number of H-pyrrole nitrogens is 1. The Kier molecular flexibility index (Phi) is 7.48. The second kappa shape index (κ2) is 8.86. The molecule has 1 aromatic carbocycles. The highest BCUT2D eigenvalue weighted by atomic mass is 35.5. The molecule has 0 aliphatic rings. The summed E-state index contributed by atoms with van der Waals surface area (Å²) in [5.74, 6) is 0.202. The van der Waals surface area contributed by atoms with Crippen LogP contribution in [-0.4, -0.2) is 36.6 Å². The predicted molar refractivity (Wildman–Crippen MR) is 91.4 cm³/mol. The molecule has 0 aliphatic heterocycles. The van der Waals surface area contributed by atoms with Gasteiger partial charge in [0.15, 0.2) is 5.58 Å². The van der Waals surface area contributed by atoms with E-state index in [-0.39, 0.29) is 12.4 Å². The number of nitrogens with one attached hydrogen (secondary N) is 1. The third kappa shape index (κ3) is 4.27. The van der Waals surface area contributed by atoms with Crippen molar-refractivity contribution in [1.29, 1.82) is 0 Å². The molecule has 0 bridgehead atoms. The number of oxazole rings is 1. The van der Waals surface area contributed by atoms with Crippen molar-refractivity contribution in [3.05, 3.63) is 28.2 Å². The molecule has 1 aromatic heterocycles. The van der Waals surface area contributed by atoms with Crippen LogP contribution in [0, 0.1) is 0 Å². The highest BCUT2D eigenvalue weighted by Gasteiger charge is 2.13. The van der Waals surface area contributed by atoms with Crippen LogP contribution in [0.5, 0.6) is 5.75 Å². The number of halogens is 1. The van der Waals surface area contributed by atoms with Crippen molar-refractivity contribution in [2.24, 2.45) is 0 Å². The van der Waals surface area contributed by atoms with Crippen LogP contribution >= 0.6 is 12.4 Å². The standard InChI is InChI=1S/C16H24N2O3.ClH/c1-4-9-18(10-5-2)11-8-12-6-7-13(20-3)14-15(12)21-16(19)17-14;/h6-7H,4-5,8-11H2,1-3H3,(H,17,19);1H. The minimum Gasteiger partial charge on any atom is -0.494 e. The number of nitrogens with zero attached hydrogens (tertiary/aromatic N) is 1. The molecule has 0 saturated carbocycles. The Balaban J connectivity index is 0.00000242. The average Bonchev–Trinajstić information content (AvgIpc) is 2.86. The smallest absolute Gasteiger partial charge is 0.417 e. The molecule has 2 rings (SSSR count). The van der Waals surface area contributed by atoms with Gasteiger partial charge in [-0.3, -0.25) is 4.98 Å². The molecule has 5 nitrogen and oxygen atoms in total. The van der Waals surface area contributed by atoms with Crippen LogP contribution in [0.2, 0.25) is 0 Å². The monoisotopic (exact) mass is 328 g/mol. The van der Waals surface area contributed by atoms with Crippen molar-refractivity contribution in [3.8, 4) is 5.75 Å². The van der Waals surface area contributed by atoms with Crippen LogP contribution in [0.1, 0.15) is 32.3 Å². The van der Waals surface area contributed by atoms with Gasteiger partial charge in [0.05, 0.1) is 7.11 Å². The van der Waals surface area contributed by atoms with Gasteiger partial charge < -0.3 is 14.1 Å². The summed E-state index contributed by atoms with van der Waals surface area (Å²) in [6.07, 6.45) is 3.16. The summed E-state index contributed by atoms with van der Waals surface area (Å²) >= 11 is 0. The van der Waals surface area contributed by atoms with E-state index in [2.05, 4.69) is 23.7 Å². The Morgan fingerprint density at radius 2 is 1.86 bits per heavy atom. The summed E-state index contributed by atoms with van der Waals surface area (Å²) in [6, 6.07) is 3.86. The molecule has 0 fully saturated rings. The molecular weight excluding hydrogens is 304 g/mol. The van der Waals surface area contributed by atoms with E-state index in [1.807, 2.05) is 12.1 Å². The van der Waals surface area contributed by atoms with Gasteiger partial charge in [-0.2, -0.15) is 0 Å². The van der Waals surface area contributed by atoms with E-state index in [0.717, 1.165) is 44.5 Å². The van der Waals surface area contributed by atoms with Gasteiger partial charge in [0.25, 0.3) is 0 Å². The van der Waals surface area contributed by atoms with Crippen molar-refractivity contribution < 1.29 is 9.15 Å². The normalized spacial score (nSPS) is 10.9. The molecule has 22 heavy (non-hydrogen) atoms. The fourth-order valence-electron chi connectivity index (χ4n) is 2.68. The first kappa shape index (κ1) is 18.6. The molecule has 124 valence electrons. The summed E-state index contributed by atoms with van der Waals surface area (Å²) in [5, 5.41) is 0. The lowest BCUT2D eigenvalue weighted by atomic mass is 10.1. The number of methoxy groups -OCH3 is 1. The molecule has 1 N–H and O–H groups in total. The quantitative estimate of drug-likeness (QED) is 0.808. The van der Waals surface area contributed by atoms with Crippen LogP contribution in [0.4, 0.5) is 0 Å². The zero-order valence-electron chi connectivity index (χ0n) is 13.5.